The molecule has 0 unspecified atom stereocenters. The van der Waals surface area contributed by atoms with Gasteiger partial charge in [0.15, 0.2) is 0 Å². The molecule has 2 aliphatic rings. The molecular weight excluding hydrogens is 446 g/mol. The molecule has 0 radical (unpaired) electrons. The summed E-state index contributed by atoms with van der Waals surface area (Å²) in [6.07, 6.45) is -0.940. The summed E-state index contributed by atoms with van der Waals surface area (Å²) in [6, 6.07) is 11.1. The lowest BCUT2D eigenvalue weighted by Gasteiger charge is -2.44. The van der Waals surface area contributed by atoms with Crippen LogP contribution in [-0.4, -0.2) is 40.9 Å². The van der Waals surface area contributed by atoms with Crippen molar-refractivity contribution in [2.75, 3.05) is 29.6 Å². The Hall–Kier alpha value is -3.07. The monoisotopic (exact) mass is 473 g/mol. The van der Waals surface area contributed by atoms with Gasteiger partial charge in [-0.1, -0.05) is 30.3 Å². The summed E-state index contributed by atoms with van der Waals surface area (Å²) in [5.41, 5.74) is 2.20. The number of para-hydroxylation sites is 1. The number of piperidine rings is 1. The topological polar surface area (TPSA) is 38.4 Å². The smallest absolute Gasteiger partial charge is 0.369 e. The molecule has 0 aliphatic carbocycles. The van der Waals surface area contributed by atoms with Gasteiger partial charge in [0.25, 0.3) is 0 Å². The molecule has 5 nitrogen and oxygen atoms in total. The van der Waals surface area contributed by atoms with E-state index in [0.717, 1.165) is 48.9 Å². The number of nitrogens with zero attached hydrogens (tertiary/aromatic N) is 4. The Morgan fingerprint density at radius 3 is 2.56 bits per heavy atom. The predicted molar refractivity (Wildman–Crippen MR) is 123 cm³/mol. The molecule has 1 saturated heterocycles. The highest BCUT2D eigenvalue weighted by atomic mass is 19.4. The number of halogens is 4. The Balaban J connectivity index is 1.32. The predicted octanol–water partition coefficient (Wildman–Crippen LogP) is 5.32. The van der Waals surface area contributed by atoms with Crippen LogP contribution in [-0.2, 0) is 19.3 Å². The molecule has 0 bridgehead atoms. The van der Waals surface area contributed by atoms with Gasteiger partial charge in [-0.25, -0.2) is 4.39 Å². The first-order chi connectivity index (χ1) is 16.3. The zero-order valence-electron chi connectivity index (χ0n) is 18.9. The Bertz CT molecular complexity index is 1130. The van der Waals surface area contributed by atoms with Gasteiger partial charge < -0.3 is 9.80 Å². The van der Waals surface area contributed by atoms with E-state index in [4.69, 9.17) is 0 Å². The summed E-state index contributed by atoms with van der Waals surface area (Å²) in [7, 11) is 0. The van der Waals surface area contributed by atoms with Crippen LogP contribution in [0.2, 0.25) is 0 Å². The molecule has 34 heavy (non-hydrogen) atoms. The molecule has 9 heteroatoms. The number of aromatic nitrogens is 2. The number of hydrogen-bond acceptors (Lipinski definition) is 4. The summed E-state index contributed by atoms with van der Waals surface area (Å²) < 4.78 is 55.1. The zero-order chi connectivity index (χ0) is 23.9. The second-order valence-corrected chi connectivity index (χ2v) is 9.11. The van der Waals surface area contributed by atoms with Crippen LogP contribution >= 0.6 is 0 Å². The maximum Gasteiger partial charge on any atom is 0.416 e. The van der Waals surface area contributed by atoms with Gasteiger partial charge in [-0.15, -0.1) is 0 Å². The van der Waals surface area contributed by atoms with Crippen LogP contribution in [0.15, 0.2) is 48.7 Å². The van der Waals surface area contributed by atoms with Gasteiger partial charge in [0.1, 0.15) is 11.6 Å². The Labute approximate surface area is 196 Å². The van der Waals surface area contributed by atoms with Crippen molar-refractivity contribution in [2.24, 2.45) is 0 Å². The minimum atomic E-state index is -4.40. The van der Waals surface area contributed by atoms with Crippen molar-refractivity contribution < 1.29 is 17.6 Å². The molecule has 0 amide bonds. The second-order valence-electron chi connectivity index (χ2n) is 9.11. The Morgan fingerprint density at radius 1 is 1.06 bits per heavy atom. The van der Waals surface area contributed by atoms with E-state index in [1.54, 1.807) is 18.3 Å². The highest BCUT2D eigenvalue weighted by Gasteiger charge is 2.36. The van der Waals surface area contributed by atoms with Gasteiger partial charge in [0.05, 0.1) is 24.1 Å². The number of H-pyrrole nitrogens is 1. The number of nitrogens with one attached hydrogen (secondary N) is 1. The lowest BCUT2D eigenvalue weighted by molar-refractivity contribution is -0.138. The molecule has 0 atom stereocenters. The van der Waals surface area contributed by atoms with Gasteiger partial charge in [-0.2, -0.15) is 18.3 Å². The molecular formula is C25H27F4N5. The molecule has 2 aromatic carbocycles. The molecule has 3 aromatic rings. The fourth-order valence-corrected chi connectivity index (χ4v) is 5.24. The summed E-state index contributed by atoms with van der Waals surface area (Å²) in [5, 5.41) is 7.12. The van der Waals surface area contributed by atoms with E-state index in [0.29, 0.717) is 18.9 Å². The Kier molecular flexibility index (Phi) is 5.97. The fourth-order valence-electron chi connectivity index (χ4n) is 5.24. The number of rotatable bonds is 4. The van der Waals surface area contributed by atoms with Crippen LogP contribution in [0.1, 0.15) is 35.1 Å². The minimum Gasteiger partial charge on any atom is -0.369 e. The van der Waals surface area contributed by atoms with E-state index < -0.39 is 11.7 Å². The van der Waals surface area contributed by atoms with Crippen molar-refractivity contribution in [3.63, 3.8) is 0 Å². The zero-order valence-corrected chi connectivity index (χ0v) is 18.9. The maximum atomic E-state index is 14.4. The van der Waals surface area contributed by atoms with E-state index in [-0.39, 0.29) is 24.0 Å². The van der Waals surface area contributed by atoms with Crippen LogP contribution in [0, 0.1) is 12.7 Å². The van der Waals surface area contributed by atoms with Gasteiger partial charge in [0.2, 0.25) is 0 Å². The molecule has 1 fully saturated rings. The molecule has 5 rings (SSSR count). The van der Waals surface area contributed by atoms with E-state index in [1.807, 2.05) is 17.9 Å². The number of hydrogen-bond donors (Lipinski definition) is 1. The summed E-state index contributed by atoms with van der Waals surface area (Å²) >= 11 is 0. The second kappa shape index (κ2) is 8.94. The van der Waals surface area contributed by atoms with Gasteiger partial charge >= 0.3 is 6.18 Å². The van der Waals surface area contributed by atoms with Gasteiger partial charge in [-0.3, -0.25) is 10.00 Å². The minimum absolute atomic E-state index is 0.134. The highest BCUT2D eigenvalue weighted by Crippen LogP contribution is 2.35. The van der Waals surface area contributed by atoms with E-state index in [9.17, 15) is 17.6 Å². The first-order valence-electron chi connectivity index (χ1n) is 11.5. The van der Waals surface area contributed by atoms with Crippen LogP contribution in [0.5, 0.6) is 0 Å². The van der Waals surface area contributed by atoms with Crippen molar-refractivity contribution in [3.8, 4) is 0 Å². The average molecular weight is 474 g/mol. The van der Waals surface area contributed by atoms with E-state index >= 15 is 0 Å². The maximum absolute atomic E-state index is 14.4. The molecule has 2 aliphatic heterocycles. The fraction of sp³-hybridized carbons (Fsp3) is 0.400. The molecule has 0 spiro atoms. The summed E-state index contributed by atoms with van der Waals surface area (Å²) in [6.45, 7) is 4.72. The van der Waals surface area contributed by atoms with Gasteiger partial charge in [-0.05, 0) is 43.0 Å². The van der Waals surface area contributed by atoms with Crippen molar-refractivity contribution >= 4 is 11.5 Å². The molecule has 1 N–H and O–H groups in total. The quantitative estimate of drug-likeness (QED) is 0.521. The number of fused-ring (bicyclic) bond motifs is 1. The number of anilines is 2. The third-order valence-corrected chi connectivity index (χ3v) is 6.91. The number of alkyl halides is 3. The van der Waals surface area contributed by atoms with Crippen molar-refractivity contribution in [2.45, 2.75) is 45.1 Å². The van der Waals surface area contributed by atoms with E-state index in [2.05, 4.69) is 20.0 Å². The lowest BCUT2D eigenvalue weighted by atomic mass is 10.00. The third-order valence-electron chi connectivity index (χ3n) is 6.91. The van der Waals surface area contributed by atoms with Crippen LogP contribution < -0.4 is 9.80 Å². The normalized spacial score (nSPS) is 17.8. The van der Waals surface area contributed by atoms with Crippen molar-refractivity contribution in [1.82, 2.24) is 15.1 Å². The standard InChI is InChI=1S/C25H27F4N5/c1-17-5-4-8-22(26)23(17)32-11-9-20(10-12-32)33-15-19-13-30-31-24(19)34(16-33)14-18-6-2-3-7-21(18)25(27,28)29/h2-8,13,20H,9-12,14-16H2,1H3,(H,30,31). The van der Waals surface area contributed by atoms with Gasteiger partial charge in [0, 0.05) is 37.8 Å². The average Bonchev–Trinajstić information content (AvgIpc) is 3.28. The number of aromatic amines is 1. The van der Waals surface area contributed by atoms with Crippen LogP contribution in [0.3, 0.4) is 0 Å². The SMILES string of the molecule is Cc1cccc(F)c1N1CCC(N2Cc3cn[nH]c3N(Cc3ccccc3C(F)(F)F)C2)CC1. The highest BCUT2D eigenvalue weighted by molar-refractivity contribution is 5.55. The summed E-state index contributed by atoms with van der Waals surface area (Å²) in [5.74, 6) is 0.571. The van der Waals surface area contributed by atoms with Crippen LogP contribution in [0.4, 0.5) is 29.1 Å². The largest absolute Gasteiger partial charge is 0.416 e. The Morgan fingerprint density at radius 2 is 1.82 bits per heavy atom. The molecule has 0 saturated carbocycles. The van der Waals surface area contributed by atoms with Crippen LogP contribution in [0.25, 0.3) is 0 Å². The number of benzene rings is 2. The third kappa shape index (κ3) is 4.36. The first-order valence-corrected chi connectivity index (χ1v) is 11.5. The summed E-state index contributed by atoms with van der Waals surface area (Å²) in [4.78, 5) is 6.34. The van der Waals surface area contributed by atoms with Crippen molar-refractivity contribution in [3.05, 3.63) is 76.7 Å². The first kappa shape index (κ1) is 22.7. The number of aryl methyl sites for hydroxylation is 1. The lowest BCUT2D eigenvalue weighted by Crippen LogP contribution is -2.51. The van der Waals surface area contributed by atoms with E-state index in [1.165, 1.54) is 18.2 Å². The molecule has 1 aromatic heterocycles. The van der Waals surface area contributed by atoms with Crippen molar-refractivity contribution in [1.29, 1.82) is 0 Å². The molecule has 180 valence electrons. The molecule has 3 heterocycles.